The van der Waals surface area contributed by atoms with Gasteiger partial charge >= 0.3 is 0 Å². The fourth-order valence-corrected chi connectivity index (χ4v) is 9.72. The van der Waals surface area contributed by atoms with E-state index in [-0.39, 0.29) is 22.9 Å². The van der Waals surface area contributed by atoms with Crippen molar-refractivity contribution >= 4 is 17.7 Å². The van der Waals surface area contributed by atoms with Crippen LogP contribution in [0.2, 0.25) is 0 Å². The first-order valence-corrected chi connectivity index (χ1v) is 17.2. The first-order valence-electron chi connectivity index (χ1n) is 16.3. The lowest BCUT2D eigenvalue weighted by atomic mass is 9.76. The summed E-state index contributed by atoms with van der Waals surface area (Å²) in [5.74, 6) is 3.38. The van der Waals surface area contributed by atoms with Gasteiger partial charge in [-0.3, -0.25) is 10.2 Å². The maximum atomic E-state index is 14.4. The lowest BCUT2D eigenvalue weighted by Crippen LogP contribution is -2.67. The smallest absolute Gasteiger partial charge is 0.262 e. The molecule has 0 spiro atoms. The fourth-order valence-electron chi connectivity index (χ4n) is 8.05. The molecule has 5 rings (SSSR count). The van der Waals surface area contributed by atoms with Gasteiger partial charge in [0.1, 0.15) is 11.4 Å². The van der Waals surface area contributed by atoms with Gasteiger partial charge in [0.2, 0.25) is 0 Å². The molecule has 2 saturated carbocycles. The third-order valence-electron chi connectivity index (χ3n) is 10.3. The van der Waals surface area contributed by atoms with Crippen LogP contribution in [0, 0.1) is 18.8 Å². The highest BCUT2D eigenvalue weighted by atomic mass is 32.2. The summed E-state index contributed by atoms with van der Waals surface area (Å²) >= 11 is 2.20. The van der Waals surface area contributed by atoms with E-state index < -0.39 is 0 Å². The van der Waals surface area contributed by atoms with Gasteiger partial charge in [-0.15, -0.1) is 0 Å². The lowest BCUT2D eigenvalue weighted by molar-refractivity contribution is -0.146. The summed E-state index contributed by atoms with van der Waals surface area (Å²) in [7, 11) is 0. The van der Waals surface area contributed by atoms with Crippen molar-refractivity contribution in [2.24, 2.45) is 11.8 Å². The summed E-state index contributed by atoms with van der Waals surface area (Å²) in [6, 6.07) is 8.12. The number of hydrogen-bond acceptors (Lipinski definition) is 5. The zero-order valence-electron chi connectivity index (χ0n) is 24.5. The molecule has 5 nitrogen and oxygen atoms in total. The Bertz CT molecular complexity index is 879. The van der Waals surface area contributed by atoms with Gasteiger partial charge in [-0.05, 0) is 81.6 Å². The number of amides is 1. The van der Waals surface area contributed by atoms with E-state index in [1.807, 2.05) is 12.1 Å². The Hall–Kier alpha value is -1.24. The molecule has 0 radical (unpaired) electrons. The van der Waals surface area contributed by atoms with Crippen LogP contribution in [0.25, 0.3) is 0 Å². The van der Waals surface area contributed by atoms with E-state index in [9.17, 15) is 4.79 Å². The molecular formula is C33H53N3O2S. The molecular weight excluding hydrogens is 502 g/mol. The number of nitrogens with zero attached hydrogens (tertiary/aromatic N) is 1. The monoisotopic (exact) mass is 555 g/mol. The molecule has 2 unspecified atom stereocenters. The van der Waals surface area contributed by atoms with Crippen molar-refractivity contribution in [1.82, 2.24) is 15.8 Å². The Morgan fingerprint density at radius 2 is 1.49 bits per heavy atom. The largest absolute Gasteiger partial charge is 0.484 e. The number of thioether (sulfide) groups is 1. The molecule has 39 heavy (non-hydrogen) atoms. The Kier molecular flexibility index (Phi) is 10.6. The zero-order chi connectivity index (χ0) is 27.0. The third kappa shape index (κ3) is 7.16. The van der Waals surface area contributed by atoms with E-state index in [4.69, 9.17) is 4.74 Å². The number of nitrogens with one attached hydrogen (secondary N) is 2. The number of rotatable bonds is 8. The van der Waals surface area contributed by atoms with Crippen molar-refractivity contribution in [1.29, 1.82) is 0 Å². The molecule has 2 saturated heterocycles. The molecule has 0 bridgehead atoms. The van der Waals surface area contributed by atoms with Crippen LogP contribution < -0.4 is 15.6 Å². The SMILES string of the molecule is Cc1ccc(OCC(=O)N(CC2(C3CCCCCCC3)CCCS2)C2(C3CCCCCCC3)CCNN2)cc1. The van der Waals surface area contributed by atoms with E-state index in [2.05, 4.69) is 46.6 Å². The molecule has 2 aliphatic carbocycles. The third-order valence-corrected chi connectivity index (χ3v) is 12.0. The number of carbonyl (C=O) groups is 1. The second-order valence-corrected chi connectivity index (χ2v) is 14.4. The zero-order valence-corrected chi connectivity index (χ0v) is 25.3. The molecule has 6 heteroatoms. The molecule has 4 aliphatic rings. The standard InChI is InChI=1S/C33H53N3O2S/c1-27-17-19-30(20-18-27)38-25-31(37)36(33(22-23-34-35-33)29-15-10-6-3-7-11-16-29)26-32(21-12-24-39-32)28-13-8-4-2-5-9-14-28/h17-20,28-29,34-35H,2-16,21-26H2,1H3. The summed E-state index contributed by atoms with van der Waals surface area (Å²) in [4.78, 5) is 16.8. The van der Waals surface area contributed by atoms with E-state index >= 15 is 0 Å². The van der Waals surface area contributed by atoms with Crippen molar-refractivity contribution in [2.45, 2.75) is 126 Å². The van der Waals surface area contributed by atoms with Crippen molar-refractivity contribution in [2.75, 3.05) is 25.4 Å². The van der Waals surface area contributed by atoms with Crippen LogP contribution >= 0.6 is 11.8 Å². The Balaban J connectivity index is 1.44. The lowest BCUT2D eigenvalue weighted by Gasteiger charge is -2.51. The predicted molar refractivity (Wildman–Crippen MR) is 163 cm³/mol. The minimum absolute atomic E-state index is 0.116. The molecule has 2 aliphatic heterocycles. The average molecular weight is 556 g/mol. The van der Waals surface area contributed by atoms with Gasteiger partial charge in [0.05, 0.1) is 0 Å². The fraction of sp³-hybridized carbons (Fsp3) is 0.788. The summed E-state index contributed by atoms with van der Waals surface area (Å²) < 4.78 is 6.35. The summed E-state index contributed by atoms with van der Waals surface area (Å²) in [5, 5.41) is 0. The van der Waals surface area contributed by atoms with E-state index in [0.29, 0.717) is 11.8 Å². The minimum atomic E-state index is -0.317. The maximum absolute atomic E-state index is 14.4. The average Bonchev–Trinajstić information content (AvgIpc) is 3.58. The second kappa shape index (κ2) is 14.1. The predicted octanol–water partition coefficient (Wildman–Crippen LogP) is 7.38. The van der Waals surface area contributed by atoms with Crippen LogP contribution in [0.15, 0.2) is 24.3 Å². The van der Waals surface area contributed by atoms with Crippen LogP contribution in [0.3, 0.4) is 0 Å². The quantitative estimate of drug-likeness (QED) is 0.350. The van der Waals surface area contributed by atoms with Gasteiger partial charge in [-0.2, -0.15) is 11.8 Å². The van der Waals surface area contributed by atoms with Gasteiger partial charge in [0.25, 0.3) is 5.91 Å². The molecule has 2 atom stereocenters. The molecule has 218 valence electrons. The van der Waals surface area contributed by atoms with Crippen molar-refractivity contribution < 1.29 is 9.53 Å². The number of carbonyl (C=O) groups excluding carboxylic acids is 1. The number of benzene rings is 1. The Morgan fingerprint density at radius 1 is 0.872 bits per heavy atom. The number of aryl methyl sites for hydroxylation is 1. The van der Waals surface area contributed by atoms with Crippen LogP contribution in [0.4, 0.5) is 0 Å². The van der Waals surface area contributed by atoms with E-state index in [1.165, 1.54) is 114 Å². The molecule has 1 aromatic rings. The number of ether oxygens (including phenoxy) is 1. The van der Waals surface area contributed by atoms with Gasteiger partial charge < -0.3 is 9.64 Å². The van der Waals surface area contributed by atoms with Crippen molar-refractivity contribution in [3.63, 3.8) is 0 Å². The van der Waals surface area contributed by atoms with Crippen LogP contribution in [0.1, 0.15) is 115 Å². The van der Waals surface area contributed by atoms with E-state index in [0.717, 1.165) is 25.3 Å². The highest BCUT2D eigenvalue weighted by molar-refractivity contribution is 8.00. The molecule has 2 N–H and O–H groups in total. The van der Waals surface area contributed by atoms with Crippen LogP contribution in [-0.4, -0.2) is 46.7 Å². The molecule has 1 amide bonds. The van der Waals surface area contributed by atoms with Crippen LogP contribution in [0.5, 0.6) is 5.75 Å². The highest BCUT2D eigenvalue weighted by Gasteiger charge is 2.52. The summed E-state index contributed by atoms with van der Waals surface area (Å²) in [6.07, 6.45) is 22.0. The first kappa shape index (κ1) is 29.3. The normalized spacial score (nSPS) is 29.8. The van der Waals surface area contributed by atoms with Crippen molar-refractivity contribution in [3.8, 4) is 5.75 Å². The van der Waals surface area contributed by atoms with Gasteiger partial charge in [-0.25, -0.2) is 5.43 Å². The van der Waals surface area contributed by atoms with E-state index in [1.54, 1.807) is 0 Å². The van der Waals surface area contributed by atoms with Gasteiger partial charge in [0.15, 0.2) is 6.61 Å². The van der Waals surface area contributed by atoms with Gasteiger partial charge in [0, 0.05) is 17.8 Å². The first-order chi connectivity index (χ1) is 19.1. The Morgan fingerprint density at radius 3 is 2.05 bits per heavy atom. The molecule has 4 fully saturated rings. The maximum Gasteiger partial charge on any atom is 0.262 e. The van der Waals surface area contributed by atoms with Crippen molar-refractivity contribution in [3.05, 3.63) is 29.8 Å². The Labute approximate surface area is 241 Å². The number of hydrogen-bond donors (Lipinski definition) is 2. The topological polar surface area (TPSA) is 53.6 Å². The molecule has 1 aromatic carbocycles. The van der Waals surface area contributed by atoms with Gasteiger partial charge in [-0.1, -0.05) is 81.9 Å². The number of hydrazine groups is 1. The highest BCUT2D eigenvalue weighted by Crippen LogP contribution is 2.50. The summed E-state index contributed by atoms with van der Waals surface area (Å²) in [5.41, 5.74) is 8.18. The molecule has 0 aromatic heterocycles. The minimum Gasteiger partial charge on any atom is -0.484 e. The van der Waals surface area contributed by atoms with Crippen LogP contribution in [-0.2, 0) is 4.79 Å². The summed E-state index contributed by atoms with van der Waals surface area (Å²) in [6.45, 7) is 3.99. The second-order valence-electron chi connectivity index (χ2n) is 12.9. The molecule has 2 heterocycles.